The molecule has 0 aromatic heterocycles. The molecule has 4 nitrogen and oxygen atoms in total. The van der Waals surface area contributed by atoms with E-state index in [0.29, 0.717) is 11.5 Å². The Hall–Kier alpha value is -1.91. The van der Waals surface area contributed by atoms with Gasteiger partial charge in [0, 0.05) is 18.0 Å². The standard InChI is InChI=1S/C17H22FNO3/c1-9(2)11(4)19-15(21)8-22-14-6-5-12(18)16-10(3)7-13(20)17(14)16/h5-6,9-11H,7-8H2,1-4H3,(H,19,21)/t10-,11-/m0/s1. The molecular weight excluding hydrogens is 285 g/mol. The summed E-state index contributed by atoms with van der Waals surface area (Å²) in [7, 11) is 0. The van der Waals surface area contributed by atoms with E-state index in [2.05, 4.69) is 5.32 Å². The van der Waals surface area contributed by atoms with Crippen molar-refractivity contribution in [3.05, 3.63) is 29.1 Å². The van der Waals surface area contributed by atoms with Gasteiger partial charge >= 0.3 is 0 Å². The van der Waals surface area contributed by atoms with Gasteiger partial charge in [-0.15, -0.1) is 0 Å². The minimum Gasteiger partial charge on any atom is -0.483 e. The van der Waals surface area contributed by atoms with Crippen molar-refractivity contribution in [1.82, 2.24) is 5.32 Å². The molecule has 0 radical (unpaired) electrons. The summed E-state index contributed by atoms with van der Waals surface area (Å²) >= 11 is 0. The number of halogens is 1. The molecule has 22 heavy (non-hydrogen) atoms. The van der Waals surface area contributed by atoms with Crippen molar-refractivity contribution in [1.29, 1.82) is 0 Å². The number of Topliss-reactive ketones (excluding diaryl/α,β-unsaturated/α-hetero) is 1. The minimum absolute atomic E-state index is 0.0386. The van der Waals surface area contributed by atoms with Crippen molar-refractivity contribution in [3.8, 4) is 5.75 Å². The Labute approximate surface area is 130 Å². The largest absolute Gasteiger partial charge is 0.483 e. The first-order valence-electron chi connectivity index (χ1n) is 7.59. The highest BCUT2D eigenvalue weighted by molar-refractivity contribution is 6.03. The molecule has 1 aliphatic rings. The van der Waals surface area contributed by atoms with Gasteiger partial charge in [0.05, 0.1) is 5.56 Å². The van der Waals surface area contributed by atoms with E-state index in [1.807, 2.05) is 27.7 Å². The number of rotatable bonds is 5. The quantitative estimate of drug-likeness (QED) is 0.909. The Morgan fingerprint density at radius 3 is 2.73 bits per heavy atom. The van der Waals surface area contributed by atoms with Crippen molar-refractivity contribution in [2.75, 3.05) is 6.61 Å². The number of fused-ring (bicyclic) bond motifs is 1. The predicted octanol–water partition coefficient (Wildman–Crippen LogP) is 3.06. The van der Waals surface area contributed by atoms with Crippen LogP contribution in [0, 0.1) is 11.7 Å². The monoisotopic (exact) mass is 307 g/mol. The topological polar surface area (TPSA) is 55.4 Å². The van der Waals surface area contributed by atoms with E-state index in [4.69, 9.17) is 4.74 Å². The average Bonchev–Trinajstić information content (AvgIpc) is 2.74. The highest BCUT2D eigenvalue weighted by Crippen LogP contribution is 2.39. The smallest absolute Gasteiger partial charge is 0.258 e. The van der Waals surface area contributed by atoms with Crippen LogP contribution in [0.15, 0.2) is 12.1 Å². The number of hydrogen-bond donors (Lipinski definition) is 1. The number of hydrogen-bond acceptors (Lipinski definition) is 3. The van der Waals surface area contributed by atoms with Gasteiger partial charge in [-0.1, -0.05) is 20.8 Å². The van der Waals surface area contributed by atoms with Crippen LogP contribution in [0.25, 0.3) is 0 Å². The molecule has 1 aromatic carbocycles. The molecule has 1 aromatic rings. The molecule has 120 valence electrons. The summed E-state index contributed by atoms with van der Waals surface area (Å²) in [6.45, 7) is 7.57. The molecule has 0 heterocycles. The highest BCUT2D eigenvalue weighted by Gasteiger charge is 2.32. The number of amides is 1. The summed E-state index contributed by atoms with van der Waals surface area (Å²) in [6, 6.07) is 2.75. The van der Waals surface area contributed by atoms with Crippen LogP contribution in [-0.4, -0.2) is 24.3 Å². The van der Waals surface area contributed by atoms with Gasteiger partial charge in [-0.25, -0.2) is 4.39 Å². The van der Waals surface area contributed by atoms with Gasteiger partial charge in [-0.3, -0.25) is 9.59 Å². The Kier molecular flexibility index (Phi) is 4.84. The number of carbonyl (C=O) groups is 2. The molecule has 0 unspecified atom stereocenters. The van der Waals surface area contributed by atoms with Crippen molar-refractivity contribution < 1.29 is 18.7 Å². The van der Waals surface area contributed by atoms with E-state index in [0.717, 1.165) is 0 Å². The van der Waals surface area contributed by atoms with Crippen LogP contribution in [0.4, 0.5) is 4.39 Å². The maximum absolute atomic E-state index is 13.9. The second-order valence-corrected chi connectivity index (χ2v) is 6.25. The summed E-state index contributed by atoms with van der Waals surface area (Å²) < 4.78 is 19.3. The van der Waals surface area contributed by atoms with Crippen LogP contribution in [0.5, 0.6) is 5.75 Å². The van der Waals surface area contributed by atoms with E-state index >= 15 is 0 Å². The van der Waals surface area contributed by atoms with Gasteiger partial charge in [-0.05, 0) is 30.9 Å². The molecule has 5 heteroatoms. The number of ether oxygens (including phenoxy) is 1. The fraction of sp³-hybridized carbons (Fsp3) is 0.529. The predicted molar refractivity (Wildman–Crippen MR) is 81.7 cm³/mol. The zero-order chi connectivity index (χ0) is 16.4. The summed E-state index contributed by atoms with van der Waals surface area (Å²) in [6.07, 6.45) is 0.281. The minimum atomic E-state index is -0.390. The highest BCUT2D eigenvalue weighted by atomic mass is 19.1. The molecule has 0 bridgehead atoms. The molecule has 0 saturated carbocycles. The van der Waals surface area contributed by atoms with E-state index in [9.17, 15) is 14.0 Å². The summed E-state index contributed by atoms with van der Waals surface area (Å²) in [4.78, 5) is 23.9. The molecule has 0 spiro atoms. The maximum atomic E-state index is 13.9. The summed E-state index contributed by atoms with van der Waals surface area (Å²) in [5, 5.41) is 2.83. The maximum Gasteiger partial charge on any atom is 0.258 e. The van der Waals surface area contributed by atoms with Crippen LogP contribution >= 0.6 is 0 Å². The first kappa shape index (κ1) is 16.5. The zero-order valence-corrected chi connectivity index (χ0v) is 13.4. The Balaban J connectivity index is 2.09. The van der Waals surface area contributed by atoms with Crippen molar-refractivity contribution in [2.24, 2.45) is 5.92 Å². The molecule has 2 rings (SSSR count). The Morgan fingerprint density at radius 2 is 2.09 bits per heavy atom. The van der Waals surface area contributed by atoms with Gasteiger partial charge in [0.25, 0.3) is 5.91 Å². The van der Waals surface area contributed by atoms with E-state index in [-0.39, 0.29) is 48.0 Å². The van der Waals surface area contributed by atoms with Crippen LogP contribution in [0.3, 0.4) is 0 Å². The summed E-state index contributed by atoms with van der Waals surface area (Å²) in [5.74, 6) is -0.315. The lowest BCUT2D eigenvalue weighted by atomic mass is 10.0. The van der Waals surface area contributed by atoms with Gasteiger partial charge in [-0.2, -0.15) is 0 Å². The lowest BCUT2D eigenvalue weighted by Gasteiger charge is -2.18. The molecule has 1 N–H and O–H groups in total. The third-order valence-electron chi connectivity index (χ3n) is 4.16. The van der Waals surface area contributed by atoms with E-state index < -0.39 is 5.82 Å². The van der Waals surface area contributed by atoms with Gasteiger partial charge in [0.2, 0.25) is 0 Å². The molecular formula is C17H22FNO3. The summed E-state index contributed by atoms with van der Waals surface area (Å²) in [5.41, 5.74) is 0.690. The first-order valence-corrected chi connectivity index (χ1v) is 7.59. The average molecular weight is 307 g/mol. The fourth-order valence-electron chi connectivity index (χ4n) is 2.55. The van der Waals surface area contributed by atoms with E-state index in [1.165, 1.54) is 12.1 Å². The molecule has 0 saturated heterocycles. The van der Waals surface area contributed by atoms with Crippen molar-refractivity contribution in [3.63, 3.8) is 0 Å². The number of nitrogens with one attached hydrogen (secondary N) is 1. The van der Waals surface area contributed by atoms with Crippen LogP contribution in [0.1, 0.15) is 56.0 Å². The molecule has 2 atom stereocenters. The number of ketones is 1. The second-order valence-electron chi connectivity index (χ2n) is 6.25. The molecule has 0 fully saturated rings. The fourth-order valence-corrected chi connectivity index (χ4v) is 2.55. The van der Waals surface area contributed by atoms with Crippen LogP contribution < -0.4 is 10.1 Å². The zero-order valence-electron chi connectivity index (χ0n) is 13.4. The molecule has 1 aliphatic carbocycles. The van der Waals surface area contributed by atoms with Crippen molar-refractivity contribution in [2.45, 2.75) is 46.1 Å². The molecule has 0 aliphatic heterocycles. The van der Waals surface area contributed by atoms with Gasteiger partial charge < -0.3 is 10.1 Å². The van der Waals surface area contributed by atoms with Crippen molar-refractivity contribution >= 4 is 11.7 Å². The second kappa shape index (κ2) is 6.46. The normalized spacial score (nSPS) is 18.3. The lowest BCUT2D eigenvalue weighted by molar-refractivity contribution is -0.124. The Morgan fingerprint density at radius 1 is 1.41 bits per heavy atom. The van der Waals surface area contributed by atoms with Gasteiger partial charge in [0.1, 0.15) is 11.6 Å². The lowest BCUT2D eigenvalue weighted by Crippen LogP contribution is -2.39. The van der Waals surface area contributed by atoms with Gasteiger partial charge in [0.15, 0.2) is 12.4 Å². The Bertz CT molecular complexity index is 598. The third-order valence-corrected chi connectivity index (χ3v) is 4.16. The van der Waals surface area contributed by atoms with Crippen LogP contribution in [-0.2, 0) is 4.79 Å². The van der Waals surface area contributed by atoms with Crippen LogP contribution in [0.2, 0.25) is 0 Å². The first-order chi connectivity index (χ1) is 10.3. The van der Waals surface area contributed by atoms with E-state index in [1.54, 1.807) is 0 Å². The SMILES string of the molecule is CC(C)[C@H](C)NC(=O)COc1ccc(F)c2c1C(=O)C[C@@H]2C. The number of carbonyl (C=O) groups excluding carboxylic acids is 2. The number of benzene rings is 1. The third kappa shape index (κ3) is 3.29. The molecule has 1 amide bonds.